The third-order valence-electron chi connectivity index (χ3n) is 5.26. The molecule has 2 heterocycles. The number of carbonyl (C=O) groups excluding carboxylic acids is 1. The van der Waals surface area contributed by atoms with Crippen LogP contribution < -0.4 is 5.43 Å². The fourth-order valence-electron chi connectivity index (χ4n) is 3.60. The minimum Gasteiger partial charge on any atom is -0.477 e. The molecular weight excluding hydrogens is 394 g/mol. The lowest BCUT2D eigenvalue weighted by molar-refractivity contribution is 0.0683. The van der Waals surface area contributed by atoms with Gasteiger partial charge in [0.1, 0.15) is 5.56 Å². The first-order chi connectivity index (χ1) is 14.9. The minimum atomic E-state index is -1.29. The number of amides is 1. The van der Waals surface area contributed by atoms with Crippen LogP contribution in [0.4, 0.5) is 0 Å². The van der Waals surface area contributed by atoms with Crippen LogP contribution >= 0.6 is 0 Å². The van der Waals surface area contributed by atoms with Crippen molar-refractivity contribution in [2.75, 3.05) is 0 Å². The standard InChI is InChI=1S/C24H21N3O4/c1-14(2)27(13-15-6-4-3-5-7-15)23(29)17-10-16-8-9-18-21(20(16)25-11-17)26-12-19(22(18)28)24(30)31/h3-12,14H,13H2,1-2H3,(H,26,28)(H,30,31). The topological polar surface area (TPSA) is 103 Å². The maximum Gasteiger partial charge on any atom is 0.341 e. The van der Waals surface area contributed by atoms with Crippen LogP contribution in [0.15, 0.2) is 65.7 Å². The van der Waals surface area contributed by atoms with Crippen molar-refractivity contribution in [1.29, 1.82) is 0 Å². The fraction of sp³-hybridized carbons (Fsp3) is 0.167. The molecule has 4 aromatic rings. The van der Waals surface area contributed by atoms with Crippen LogP contribution in [0.25, 0.3) is 21.8 Å². The van der Waals surface area contributed by atoms with E-state index in [1.807, 2.05) is 44.2 Å². The molecule has 2 aromatic carbocycles. The Kier molecular flexibility index (Phi) is 5.25. The molecule has 0 atom stereocenters. The van der Waals surface area contributed by atoms with E-state index in [-0.39, 0.29) is 22.9 Å². The fourth-order valence-corrected chi connectivity index (χ4v) is 3.60. The summed E-state index contributed by atoms with van der Waals surface area (Å²) in [7, 11) is 0. The minimum absolute atomic E-state index is 0.00852. The smallest absolute Gasteiger partial charge is 0.341 e. The van der Waals surface area contributed by atoms with Gasteiger partial charge in [0.05, 0.1) is 16.6 Å². The number of rotatable bonds is 5. The molecule has 0 spiro atoms. The van der Waals surface area contributed by atoms with Crippen molar-refractivity contribution < 1.29 is 14.7 Å². The lowest BCUT2D eigenvalue weighted by Gasteiger charge is -2.27. The quantitative estimate of drug-likeness (QED) is 0.482. The molecule has 0 unspecified atom stereocenters. The molecule has 7 heteroatoms. The molecule has 0 aliphatic heterocycles. The van der Waals surface area contributed by atoms with Gasteiger partial charge in [-0.15, -0.1) is 0 Å². The van der Waals surface area contributed by atoms with E-state index in [1.54, 1.807) is 23.1 Å². The van der Waals surface area contributed by atoms with Gasteiger partial charge in [-0.05, 0) is 31.5 Å². The van der Waals surface area contributed by atoms with E-state index in [9.17, 15) is 14.4 Å². The Balaban J connectivity index is 1.75. The second-order valence-electron chi connectivity index (χ2n) is 7.63. The van der Waals surface area contributed by atoms with E-state index in [4.69, 9.17) is 5.11 Å². The van der Waals surface area contributed by atoms with Gasteiger partial charge in [0.15, 0.2) is 0 Å². The average Bonchev–Trinajstić information content (AvgIpc) is 2.77. The highest BCUT2D eigenvalue weighted by molar-refractivity contribution is 6.06. The summed E-state index contributed by atoms with van der Waals surface area (Å²) in [5.41, 5.74) is 1.53. The molecule has 0 bridgehead atoms. The first kappa shape index (κ1) is 20.3. The molecule has 7 nitrogen and oxygen atoms in total. The first-order valence-corrected chi connectivity index (χ1v) is 9.89. The Morgan fingerprint density at radius 3 is 2.55 bits per heavy atom. The van der Waals surface area contributed by atoms with Crippen molar-refractivity contribution in [2.45, 2.75) is 26.4 Å². The van der Waals surface area contributed by atoms with E-state index in [1.165, 1.54) is 12.4 Å². The molecule has 0 saturated heterocycles. The zero-order valence-electron chi connectivity index (χ0n) is 17.1. The van der Waals surface area contributed by atoms with Gasteiger partial charge in [0.25, 0.3) is 5.91 Å². The Bertz CT molecular complexity index is 1360. The third kappa shape index (κ3) is 3.77. The van der Waals surface area contributed by atoms with Crippen LogP contribution in [0.2, 0.25) is 0 Å². The molecule has 2 N–H and O–H groups in total. The largest absolute Gasteiger partial charge is 0.477 e. The van der Waals surface area contributed by atoms with Crippen LogP contribution in [0, 0.1) is 0 Å². The monoisotopic (exact) mass is 415 g/mol. The molecule has 0 aliphatic carbocycles. The number of nitrogens with zero attached hydrogens (tertiary/aromatic N) is 2. The lowest BCUT2D eigenvalue weighted by atomic mass is 10.1. The van der Waals surface area contributed by atoms with Gasteiger partial charge >= 0.3 is 5.97 Å². The number of hydrogen-bond donors (Lipinski definition) is 2. The first-order valence-electron chi connectivity index (χ1n) is 9.89. The van der Waals surface area contributed by atoms with Crippen LogP contribution in [-0.2, 0) is 6.54 Å². The third-order valence-corrected chi connectivity index (χ3v) is 5.26. The number of aromatic carboxylic acids is 1. The maximum atomic E-state index is 13.2. The van der Waals surface area contributed by atoms with Gasteiger partial charge in [0.2, 0.25) is 5.43 Å². The second-order valence-corrected chi connectivity index (χ2v) is 7.63. The molecule has 0 aliphatic rings. The molecule has 0 fully saturated rings. The van der Waals surface area contributed by atoms with E-state index in [0.29, 0.717) is 28.5 Å². The number of carboxylic acid groups (broad SMARTS) is 1. The van der Waals surface area contributed by atoms with Crippen molar-refractivity contribution in [3.8, 4) is 0 Å². The van der Waals surface area contributed by atoms with Crippen molar-refractivity contribution in [3.63, 3.8) is 0 Å². The Morgan fingerprint density at radius 1 is 1.13 bits per heavy atom. The van der Waals surface area contributed by atoms with Gasteiger partial charge in [-0.3, -0.25) is 14.6 Å². The summed E-state index contributed by atoms with van der Waals surface area (Å²) in [6, 6.07) is 14.8. The molecule has 4 rings (SSSR count). The summed E-state index contributed by atoms with van der Waals surface area (Å²) >= 11 is 0. The van der Waals surface area contributed by atoms with Gasteiger partial charge in [-0.2, -0.15) is 0 Å². The molecule has 31 heavy (non-hydrogen) atoms. The lowest BCUT2D eigenvalue weighted by Crippen LogP contribution is -2.36. The number of aromatic nitrogens is 2. The van der Waals surface area contributed by atoms with Crippen molar-refractivity contribution in [2.24, 2.45) is 0 Å². The molecule has 1 amide bonds. The van der Waals surface area contributed by atoms with Crippen LogP contribution in [0.1, 0.15) is 40.1 Å². The van der Waals surface area contributed by atoms with Crippen LogP contribution in [-0.4, -0.2) is 37.9 Å². The highest BCUT2D eigenvalue weighted by atomic mass is 16.4. The molecule has 0 saturated carbocycles. The summed E-state index contributed by atoms with van der Waals surface area (Å²) in [5, 5.41) is 10.1. The van der Waals surface area contributed by atoms with Crippen molar-refractivity contribution >= 4 is 33.7 Å². The number of H-pyrrole nitrogens is 1. The number of fused-ring (bicyclic) bond motifs is 3. The number of carbonyl (C=O) groups is 2. The predicted octanol–water partition coefficient (Wildman–Crippen LogP) is 3.83. The highest BCUT2D eigenvalue weighted by Gasteiger charge is 2.21. The van der Waals surface area contributed by atoms with Gasteiger partial charge in [0, 0.05) is 35.8 Å². The maximum absolute atomic E-state index is 13.2. The molecule has 156 valence electrons. The SMILES string of the molecule is CC(C)N(Cc1ccccc1)C(=O)c1cnc2c(ccc3c(=O)c(C(=O)O)c[nH]c32)c1. The number of carboxylic acids is 1. The summed E-state index contributed by atoms with van der Waals surface area (Å²) in [6.45, 7) is 4.42. The summed E-state index contributed by atoms with van der Waals surface area (Å²) in [4.78, 5) is 46.0. The van der Waals surface area contributed by atoms with Crippen molar-refractivity contribution in [3.05, 3.63) is 87.8 Å². The number of aromatic amines is 1. The zero-order valence-corrected chi connectivity index (χ0v) is 17.1. The number of nitrogens with one attached hydrogen (secondary N) is 1. The van der Waals surface area contributed by atoms with Gasteiger partial charge in [-0.1, -0.05) is 36.4 Å². The van der Waals surface area contributed by atoms with Gasteiger partial charge in [-0.25, -0.2) is 4.79 Å². The van der Waals surface area contributed by atoms with E-state index in [2.05, 4.69) is 9.97 Å². The molecule has 2 aromatic heterocycles. The Morgan fingerprint density at radius 2 is 1.87 bits per heavy atom. The molecular formula is C24H21N3O4. The van der Waals surface area contributed by atoms with Crippen LogP contribution in [0.3, 0.4) is 0 Å². The van der Waals surface area contributed by atoms with Crippen LogP contribution in [0.5, 0.6) is 0 Å². The van der Waals surface area contributed by atoms with E-state index in [0.717, 1.165) is 5.56 Å². The normalized spacial score (nSPS) is 11.2. The van der Waals surface area contributed by atoms with E-state index < -0.39 is 11.4 Å². The second kappa shape index (κ2) is 8.02. The Labute approximate surface area is 178 Å². The number of benzene rings is 2. The summed E-state index contributed by atoms with van der Waals surface area (Å²) in [5.74, 6) is -1.42. The number of pyridine rings is 2. The summed E-state index contributed by atoms with van der Waals surface area (Å²) in [6.07, 6.45) is 2.67. The highest BCUT2D eigenvalue weighted by Crippen LogP contribution is 2.22. The average molecular weight is 415 g/mol. The zero-order chi connectivity index (χ0) is 22.1. The summed E-state index contributed by atoms with van der Waals surface area (Å²) < 4.78 is 0. The number of hydrogen-bond acceptors (Lipinski definition) is 4. The predicted molar refractivity (Wildman–Crippen MR) is 118 cm³/mol. The molecule has 0 radical (unpaired) electrons. The Hall–Kier alpha value is -4.00. The van der Waals surface area contributed by atoms with E-state index >= 15 is 0 Å². The van der Waals surface area contributed by atoms with Gasteiger partial charge < -0.3 is 15.0 Å². The van der Waals surface area contributed by atoms with Crippen molar-refractivity contribution in [1.82, 2.24) is 14.9 Å².